The van der Waals surface area contributed by atoms with Crippen LogP contribution in [0.4, 0.5) is 5.82 Å². The summed E-state index contributed by atoms with van der Waals surface area (Å²) in [5.41, 5.74) is 0.129. The molecule has 0 saturated carbocycles. The number of halogens is 2. The molecule has 8 heteroatoms. The van der Waals surface area contributed by atoms with Gasteiger partial charge >= 0.3 is 0 Å². The lowest BCUT2D eigenvalue weighted by Crippen LogP contribution is -2.15. The van der Waals surface area contributed by atoms with Crippen LogP contribution in [0.25, 0.3) is 0 Å². The van der Waals surface area contributed by atoms with E-state index in [1.165, 1.54) is 24.5 Å². The zero-order chi connectivity index (χ0) is 12.3. The number of amides is 1. The Bertz CT molecular complexity index is 545. The number of nitrogens with zero attached hydrogens (tertiary/aromatic N) is 4. The minimum absolute atomic E-state index is 0.129. The summed E-state index contributed by atoms with van der Waals surface area (Å²) in [6.07, 6.45) is 1.24. The first-order chi connectivity index (χ1) is 8.15. The van der Waals surface area contributed by atoms with Gasteiger partial charge in [0.2, 0.25) is 0 Å². The highest BCUT2D eigenvalue weighted by atomic mass is 35.5. The van der Waals surface area contributed by atoms with Gasteiger partial charge in [0.15, 0.2) is 10.8 Å². The van der Waals surface area contributed by atoms with Gasteiger partial charge in [0.05, 0.1) is 0 Å². The summed E-state index contributed by atoms with van der Waals surface area (Å²) in [5, 5.41) is 10.1. The Kier molecular flexibility index (Phi) is 3.46. The molecule has 0 aliphatic heterocycles. The topological polar surface area (TPSA) is 80.7 Å². The van der Waals surface area contributed by atoms with E-state index in [2.05, 4.69) is 25.5 Å². The van der Waals surface area contributed by atoms with E-state index in [-0.39, 0.29) is 21.8 Å². The third kappa shape index (κ3) is 3.08. The zero-order valence-corrected chi connectivity index (χ0v) is 9.77. The van der Waals surface area contributed by atoms with Crippen molar-refractivity contribution >= 4 is 34.9 Å². The van der Waals surface area contributed by atoms with Crippen LogP contribution in [0.2, 0.25) is 10.3 Å². The van der Waals surface area contributed by atoms with Crippen LogP contribution < -0.4 is 5.32 Å². The first-order valence-electron chi connectivity index (χ1n) is 4.43. The third-order valence-corrected chi connectivity index (χ3v) is 2.15. The molecule has 0 atom stereocenters. The molecule has 0 unspecified atom stereocenters. The molecule has 0 bridgehead atoms. The van der Waals surface area contributed by atoms with E-state index in [0.717, 1.165) is 0 Å². The van der Waals surface area contributed by atoms with E-state index in [4.69, 9.17) is 23.2 Å². The lowest BCUT2D eigenvalue weighted by molar-refractivity contribution is 0.102. The van der Waals surface area contributed by atoms with Crippen molar-refractivity contribution in [1.82, 2.24) is 20.2 Å². The third-order valence-electron chi connectivity index (χ3n) is 1.74. The molecule has 0 saturated heterocycles. The molecule has 86 valence electrons. The summed E-state index contributed by atoms with van der Waals surface area (Å²) in [7, 11) is 0. The molecule has 2 heterocycles. The van der Waals surface area contributed by atoms with Gasteiger partial charge in [-0.15, -0.1) is 10.2 Å². The van der Waals surface area contributed by atoms with E-state index in [1.807, 2.05) is 0 Å². The van der Waals surface area contributed by atoms with Crippen LogP contribution in [0.1, 0.15) is 10.5 Å². The Hall–Kier alpha value is -1.79. The Morgan fingerprint density at radius 1 is 1.12 bits per heavy atom. The maximum atomic E-state index is 11.7. The van der Waals surface area contributed by atoms with E-state index in [0.29, 0.717) is 0 Å². The first-order valence-corrected chi connectivity index (χ1v) is 5.19. The summed E-state index contributed by atoms with van der Waals surface area (Å²) < 4.78 is 0. The molecule has 0 fully saturated rings. The molecule has 0 spiro atoms. The van der Waals surface area contributed by atoms with E-state index < -0.39 is 5.91 Å². The summed E-state index contributed by atoms with van der Waals surface area (Å²) in [6.45, 7) is 0. The average Bonchev–Trinajstić information content (AvgIpc) is 2.29. The van der Waals surface area contributed by atoms with Gasteiger partial charge in [-0.1, -0.05) is 23.2 Å². The molecule has 2 aromatic heterocycles. The van der Waals surface area contributed by atoms with Gasteiger partial charge in [0, 0.05) is 6.07 Å². The highest BCUT2D eigenvalue weighted by molar-refractivity contribution is 6.29. The normalized spacial score (nSPS) is 10.0. The maximum Gasteiger partial charge on any atom is 0.277 e. The molecule has 2 rings (SSSR count). The predicted molar refractivity (Wildman–Crippen MR) is 62.0 cm³/mol. The maximum absolute atomic E-state index is 11.7. The Labute approximate surface area is 106 Å². The first kappa shape index (κ1) is 11.7. The van der Waals surface area contributed by atoms with Gasteiger partial charge in [-0.2, -0.15) is 0 Å². The lowest BCUT2D eigenvalue weighted by atomic mass is 10.3. The van der Waals surface area contributed by atoms with Crippen molar-refractivity contribution < 1.29 is 4.79 Å². The SMILES string of the molecule is O=C(Nc1cc(Cl)ncn1)c1ccc(Cl)nn1. The van der Waals surface area contributed by atoms with Crippen LogP contribution >= 0.6 is 23.2 Å². The molecule has 2 aromatic rings. The van der Waals surface area contributed by atoms with Crippen LogP contribution in [0.3, 0.4) is 0 Å². The molecule has 0 aliphatic carbocycles. The molecule has 1 N–H and O–H groups in total. The number of anilines is 1. The number of aromatic nitrogens is 4. The van der Waals surface area contributed by atoms with Crippen molar-refractivity contribution in [2.45, 2.75) is 0 Å². The van der Waals surface area contributed by atoms with Gasteiger partial charge in [-0.05, 0) is 12.1 Å². The average molecular weight is 270 g/mol. The minimum atomic E-state index is -0.455. The van der Waals surface area contributed by atoms with Crippen molar-refractivity contribution in [2.24, 2.45) is 0 Å². The molecule has 1 amide bonds. The van der Waals surface area contributed by atoms with Crippen molar-refractivity contribution in [2.75, 3.05) is 5.32 Å². The zero-order valence-electron chi connectivity index (χ0n) is 8.26. The second-order valence-corrected chi connectivity index (χ2v) is 3.70. The van der Waals surface area contributed by atoms with Gasteiger partial charge in [-0.25, -0.2) is 9.97 Å². The van der Waals surface area contributed by atoms with Crippen molar-refractivity contribution in [3.8, 4) is 0 Å². The number of carbonyl (C=O) groups excluding carboxylic acids is 1. The Morgan fingerprint density at radius 2 is 1.94 bits per heavy atom. The summed E-state index contributed by atoms with van der Waals surface area (Å²) in [4.78, 5) is 19.2. The van der Waals surface area contributed by atoms with Crippen LogP contribution in [0, 0.1) is 0 Å². The number of nitrogens with one attached hydrogen (secondary N) is 1. The van der Waals surface area contributed by atoms with Crippen LogP contribution in [0.5, 0.6) is 0 Å². The van der Waals surface area contributed by atoms with Gasteiger partial charge in [0.25, 0.3) is 5.91 Å². The summed E-state index contributed by atoms with van der Waals surface area (Å²) >= 11 is 11.2. The molecule has 6 nitrogen and oxygen atoms in total. The van der Waals surface area contributed by atoms with Gasteiger partial charge in [0.1, 0.15) is 17.3 Å². The Balaban J connectivity index is 2.14. The van der Waals surface area contributed by atoms with E-state index >= 15 is 0 Å². The fourth-order valence-electron chi connectivity index (χ4n) is 1.02. The van der Waals surface area contributed by atoms with E-state index in [9.17, 15) is 4.79 Å². The molecular weight excluding hydrogens is 265 g/mol. The second-order valence-electron chi connectivity index (χ2n) is 2.92. The number of hydrogen-bond acceptors (Lipinski definition) is 5. The predicted octanol–water partition coefficient (Wildman–Crippen LogP) is 1.83. The fraction of sp³-hybridized carbons (Fsp3) is 0. The fourth-order valence-corrected chi connectivity index (χ4v) is 1.27. The van der Waals surface area contributed by atoms with Crippen molar-refractivity contribution in [3.05, 3.63) is 40.5 Å². The van der Waals surface area contributed by atoms with Gasteiger partial charge in [-0.3, -0.25) is 4.79 Å². The van der Waals surface area contributed by atoms with Crippen molar-refractivity contribution in [1.29, 1.82) is 0 Å². The smallest absolute Gasteiger partial charge is 0.277 e. The van der Waals surface area contributed by atoms with Gasteiger partial charge < -0.3 is 5.32 Å². The second kappa shape index (κ2) is 5.03. The molecule has 0 aliphatic rings. The number of carbonyl (C=O) groups is 1. The summed E-state index contributed by atoms with van der Waals surface area (Å²) in [5.74, 6) is -0.171. The lowest BCUT2D eigenvalue weighted by Gasteiger charge is -2.02. The highest BCUT2D eigenvalue weighted by Gasteiger charge is 2.09. The van der Waals surface area contributed by atoms with Crippen molar-refractivity contribution in [3.63, 3.8) is 0 Å². The largest absolute Gasteiger partial charge is 0.305 e. The highest BCUT2D eigenvalue weighted by Crippen LogP contribution is 2.10. The molecule has 0 aromatic carbocycles. The minimum Gasteiger partial charge on any atom is -0.305 e. The van der Waals surface area contributed by atoms with Crippen LogP contribution in [-0.4, -0.2) is 26.1 Å². The Morgan fingerprint density at radius 3 is 2.59 bits per heavy atom. The van der Waals surface area contributed by atoms with E-state index in [1.54, 1.807) is 0 Å². The molecule has 0 radical (unpaired) electrons. The quantitative estimate of drug-likeness (QED) is 0.842. The van der Waals surface area contributed by atoms with Crippen LogP contribution in [-0.2, 0) is 0 Å². The number of rotatable bonds is 2. The monoisotopic (exact) mass is 269 g/mol. The summed E-state index contributed by atoms with van der Waals surface area (Å²) in [6, 6.07) is 4.34. The number of hydrogen-bond donors (Lipinski definition) is 1. The standard InChI is InChI=1S/C9H5Cl2N5O/c10-6-2-1-5(15-16-6)9(17)14-8-3-7(11)12-4-13-8/h1-4H,(H,12,13,14,17). The molecule has 17 heavy (non-hydrogen) atoms. The molecular formula is C9H5Cl2N5O. The van der Waals surface area contributed by atoms with Crippen LogP contribution in [0.15, 0.2) is 24.5 Å².